The Kier molecular flexibility index (Phi) is 6.61. The number of morpholine rings is 1. The lowest BCUT2D eigenvalue weighted by Crippen LogP contribution is -2.40. The summed E-state index contributed by atoms with van der Waals surface area (Å²) in [5.74, 6) is -1.01. The number of hydrogen-bond acceptors (Lipinski definition) is 9. The molecule has 0 atom stereocenters. The van der Waals surface area contributed by atoms with Gasteiger partial charge in [0.05, 0.1) is 30.8 Å². The van der Waals surface area contributed by atoms with Crippen molar-refractivity contribution in [3.63, 3.8) is 0 Å². The zero-order valence-electron chi connectivity index (χ0n) is 18.5. The maximum atomic E-state index is 13.1. The number of nitrogens with one attached hydrogen (secondary N) is 1. The van der Waals surface area contributed by atoms with Crippen LogP contribution in [0, 0.1) is 6.92 Å². The van der Waals surface area contributed by atoms with Crippen LogP contribution in [0.15, 0.2) is 51.9 Å². The van der Waals surface area contributed by atoms with Crippen molar-refractivity contribution in [2.24, 2.45) is 0 Å². The van der Waals surface area contributed by atoms with Crippen LogP contribution in [-0.4, -0.2) is 68.7 Å². The number of sulfonamides is 1. The largest absolute Gasteiger partial charge is 0.465 e. The molecule has 0 bridgehead atoms. The van der Waals surface area contributed by atoms with Crippen molar-refractivity contribution >= 4 is 27.6 Å². The van der Waals surface area contributed by atoms with E-state index in [2.05, 4.69) is 19.6 Å². The van der Waals surface area contributed by atoms with E-state index in [1.54, 1.807) is 24.0 Å². The molecular weight excluding hydrogens is 464 g/mol. The van der Waals surface area contributed by atoms with E-state index in [4.69, 9.17) is 9.26 Å². The lowest BCUT2D eigenvalue weighted by molar-refractivity contribution is 0.0272. The Labute approximate surface area is 195 Å². The molecule has 4 rings (SSSR count). The number of benzene rings is 2. The number of anilines is 1. The first-order valence-corrected chi connectivity index (χ1v) is 11.8. The van der Waals surface area contributed by atoms with Crippen molar-refractivity contribution in [2.75, 3.05) is 38.1 Å². The van der Waals surface area contributed by atoms with Gasteiger partial charge in [0.25, 0.3) is 10.0 Å². The summed E-state index contributed by atoms with van der Waals surface area (Å²) in [5.41, 5.74) is 1.44. The number of rotatable bonds is 6. The molecule has 0 saturated carbocycles. The van der Waals surface area contributed by atoms with Crippen LogP contribution < -0.4 is 4.72 Å². The van der Waals surface area contributed by atoms with E-state index in [0.29, 0.717) is 43.0 Å². The van der Waals surface area contributed by atoms with Gasteiger partial charge in [0, 0.05) is 24.3 Å². The smallest absolute Gasteiger partial charge is 0.337 e. The average molecular weight is 487 g/mol. The summed E-state index contributed by atoms with van der Waals surface area (Å²) in [6.45, 7) is 3.38. The van der Waals surface area contributed by atoms with E-state index in [1.165, 1.54) is 37.4 Å². The van der Waals surface area contributed by atoms with Crippen LogP contribution in [0.1, 0.15) is 26.6 Å². The van der Waals surface area contributed by atoms with Crippen molar-refractivity contribution in [2.45, 2.75) is 11.8 Å². The average Bonchev–Trinajstić information content (AvgIpc) is 3.34. The van der Waals surface area contributed by atoms with Crippen molar-refractivity contribution in [1.82, 2.24) is 15.0 Å². The molecule has 0 unspecified atom stereocenters. The molecule has 11 nitrogen and oxygen atoms in total. The fourth-order valence-corrected chi connectivity index (χ4v) is 4.69. The number of methoxy groups -OCH3 is 1. The molecular formula is C22H22N4O7S. The highest BCUT2D eigenvalue weighted by atomic mass is 32.2. The van der Waals surface area contributed by atoms with Crippen LogP contribution in [0.2, 0.25) is 0 Å². The molecule has 1 aromatic heterocycles. The molecule has 1 amide bonds. The standard InChI is InChI=1S/C22H22N4O7S/c1-14-3-4-16(19-23-20(33-24-19)21(27)26-9-11-32-12-10-26)13-18(14)34(29,30)25-17-7-5-15(6-8-17)22(28)31-2/h3-8,13,25H,9-12H2,1-2H3. The third kappa shape index (κ3) is 4.92. The quantitative estimate of drug-likeness (QED) is 0.519. The maximum absolute atomic E-state index is 13.1. The molecule has 12 heteroatoms. The summed E-state index contributed by atoms with van der Waals surface area (Å²) < 4.78 is 43.6. The Morgan fingerprint density at radius 3 is 2.47 bits per heavy atom. The number of aryl methyl sites for hydroxylation is 1. The third-order valence-electron chi connectivity index (χ3n) is 5.20. The molecule has 1 saturated heterocycles. The summed E-state index contributed by atoms with van der Waals surface area (Å²) in [6, 6.07) is 10.5. The molecule has 1 fully saturated rings. The highest BCUT2D eigenvalue weighted by Crippen LogP contribution is 2.25. The van der Waals surface area contributed by atoms with Gasteiger partial charge in [-0.1, -0.05) is 17.3 Å². The number of nitrogens with zero attached hydrogens (tertiary/aromatic N) is 3. The molecule has 0 aliphatic carbocycles. The molecule has 2 aromatic carbocycles. The molecule has 2 heterocycles. The maximum Gasteiger partial charge on any atom is 0.337 e. The number of esters is 1. The Morgan fingerprint density at radius 2 is 1.79 bits per heavy atom. The topological polar surface area (TPSA) is 141 Å². The second kappa shape index (κ2) is 9.61. The van der Waals surface area contributed by atoms with Gasteiger partial charge in [0.1, 0.15) is 0 Å². The fourth-order valence-electron chi connectivity index (χ4n) is 3.36. The van der Waals surface area contributed by atoms with Crippen LogP contribution >= 0.6 is 0 Å². The van der Waals surface area contributed by atoms with Gasteiger partial charge in [-0.05, 0) is 42.8 Å². The highest BCUT2D eigenvalue weighted by molar-refractivity contribution is 7.92. The molecule has 178 valence electrons. The summed E-state index contributed by atoms with van der Waals surface area (Å²) in [7, 11) is -2.72. The first-order chi connectivity index (χ1) is 16.3. The molecule has 1 aliphatic rings. The Bertz CT molecular complexity index is 1310. The molecule has 34 heavy (non-hydrogen) atoms. The second-order valence-corrected chi connectivity index (χ2v) is 9.13. The molecule has 1 aliphatic heterocycles. The van der Waals surface area contributed by atoms with Gasteiger partial charge in [-0.2, -0.15) is 4.98 Å². The van der Waals surface area contributed by atoms with Crippen LogP contribution in [0.5, 0.6) is 0 Å². The van der Waals surface area contributed by atoms with Crippen molar-refractivity contribution in [1.29, 1.82) is 0 Å². The Morgan fingerprint density at radius 1 is 1.09 bits per heavy atom. The normalized spacial score (nSPS) is 14.0. The number of hydrogen-bond donors (Lipinski definition) is 1. The first-order valence-electron chi connectivity index (χ1n) is 10.3. The molecule has 3 aromatic rings. The summed E-state index contributed by atoms with van der Waals surface area (Å²) in [5, 5.41) is 3.85. The molecule has 0 spiro atoms. The van der Waals surface area contributed by atoms with Crippen LogP contribution in [0.25, 0.3) is 11.4 Å². The minimum Gasteiger partial charge on any atom is -0.465 e. The summed E-state index contributed by atoms with van der Waals surface area (Å²) in [4.78, 5) is 29.8. The number of amides is 1. The monoisotopic (exact) mass is 486 g/mol. The highest BCUT2D eigenvalue weighted by Gasteiger charge is 2.25. The lowest BCUT2D eigenvalue weighted by atomic mass is 10.1. The minimum atomic E-state index is -3.98. The van der Waals surface area contributed by atoms with Gasteiger partial charge in [-0.15, -0.1) is 0 Å². The minimum absolute atomic E-state index is 0.00732. The summed E-state index contributed by atoms with van der Waals surface area (Å²) in [6.07, 6.45) is 0. The van der Waals surface area contributed by atoms with Crippen molar-refractivity contribution < 1.29 is 32.0 Å². The zero-order valence-corrected chi connectivity index (χ0v) is 19.3. The van der Waals surface area contributed by atoms with Crippen LogP contribution in [-0.2, 0) is 19.5 Å². The SMILES string of the molecule is COC(=O)c1ccc(NS(=O)(=O)c2cc(-c3noc(C(=O)N4CCOCC4)n3)ccc2C)cc1. The second-order valence-electron chi connectivity index (χ2n) is 7.48. The Hall–Kier alpha value is -3.77. The molecule has 0 radical (unpaired) electrons. The Balaban J connectivity index is 1.56. The summed E-state index contributed by atoms with van der Waals surface area (Å²) >= 11 is 0. The number of carbonyl (C=O) groups is 2. The van der Waals surface area contributed by atoms with Gasteiger partial charge in [0.15, 0.2) is 0 Å². The van der Waals surface area contributed by atoms with Crippen molar-refractivity contribution in [3.8, 4) is 11.4 Å². The first kappa shape index (κ1) is 23.4. The predicted octanol–water partition coefficient (Wildman–Crippen LogP) is 2.10. The van der Waals surface area contributed by atoms with E-state index >= 15 is 0 Å². The van der Waals surface area contributed by atoms with Gasteiger partial charge in [-0.25, -0.2) is 13.2 Å². The van der Waals surface area contributed by atoms with E-state index < -0.39 is 21.9 Å². The lowest BCUT2D eigenvalue weighted by Gasteiger charge is -2.25. The van der Waals surface area contributed by atoms with Gasteiger partial charge >= 0.3 is 17.8 Å². The van der Waals surface area contributed by atoms with Gasteiger partial charge in [-0.3, -0.25) is 9.52 Å². The van der Waals surface area contributed by atoms with E-state index in [0.717, 1.165) is 0 Å². The molecule has 1 N–H and O–H groups in total. The van der Waals surface area contributed by atoms with E-state index in [-0.39, 0.29) is 22.3 Å². The third-order valence-corrected chi connectivity index (χ3v) is 6.72. The van der Waals surface area contributed by atoms with Crippen LogP contribution in [0.3, 0.4) is 0 Å². The zero-order chi connectivity index (χ0) is 24.3. The number of ether oxygens (including phenoxy) is 2. The number of carbonyl (C=O) groups excluding carboxylic acids is 2. The predicted molar refractivity (Wildman–Crippen MR) is 120 cm³/mol. The number of aromatic nitrogens is 2. The van der Waals surface area contributed by atoms with E-state index in [9.17, 15) is 18.0 Å². The van der Waals surface area contributed by atoms with E-state index in [1.807, 2.05) is 0 Å². The van der Waals surface area contributed by atoms with Crippen molar-refractivity contribution in [3.05, 3.63) is 59.5 Å². The van der Waals surface area contributed by atoms with Gasteiger partial charge in [0.2, 0.25) is 5.82 Å². The van der Waals surface area contributed by atoms with Gasteiger partial charge < -0.3 is 18.9 Å². The fraction of sp³-hybridized carbons (Fsp3) is 0.273. The van der Waals surface area contributed by atoms with Crippen LogP contribution in [0.4, 0.5) is 5.69 Å².